The van der Waals surface area contributed by atoms with Gasteiger partial charge in [-0.3, -0.25) is 4.79 Å². The molecular weight excluding hydrogens is 272 g/mol. The molecule has 0 aromatic carbocycles. The number of likely N-dealkylation sites (tertiary alicyclic amines) is 1. The number of aromatic nitrogens is 1. The van der Waals surface area contributed by atoms with Gasteiger partial charge in [-0.25, -0.2) is 9.78 Å². The van der Waals surface area contributed by atoms with Crippen molar-refractivity contribution >= 4 is 35.0 Å². The first-order valence-corrected chi connectivity index (χ1v) is 7.55. The average Bonchev–Trinajstić information content (AvgIpc) is 2.90. The molecule has 7 heteroatoms. The van der Waals surface area contributed by atoms with Crippen LogP contribution in [0, 0.1) is 0 Å². The molecule has 1 fully saturated rings. The minimum Gasteiger partial charge on any atom is -0.476 e. The molecule has 1 aromatic rings. The number of nitrogens with zero attached hydrogens (tertiary/aromatic N) is 2. The van der Waals surface area contributed by atoms with Crippen molar-refractivity contribution in [3.8, 4) is 0 Å². The predicted octanol–water partition coefficient (Wildman–Crippen LogP) is 1.94. The summed E-state index contributed by atoms with van der Waals surface area (Å²) in [6, 6.07) is 0.323. The van der Waals surface area contributed by atoms with Crippen molar-refractivity contribution in [3.63, 3.8) is 0 Å². The zero-order valence-electron chi connectivity index (χ0n) is 9.96. The lowest BCUT2D eigenvalue weighted by Gasteiger charge is -2.20. The van der Waals surface area contributed by atoms with Gasteiger partial charge in [0.05, 0.1) is 0 Å². The molecule has 18 heavy (non-hydrogen) atoms. The van der Waals surface area contributed by atoms with Crippen molar-refractivity contribution in [3.05, 3.63) is 11.1 Å². The van der Waals surface area contributed by atoms with Crippen LogP contribution < -0.4 is 0 Å². The monoisotopic (exact) mass is 286 g/mol. The Bertz CT molecular complexity index is 461. The van der Waals surface area contributed by atoms with Gasteiger partial charge in [-0.2, -0.15) is 0 Å². The zero-order valence-corrected chi connectivity index (χ0v) is 11.6. The average molecular weight is 286 g/mol. The highest BCUT2D eigenvalue weighted by atomic mass is 32.2. The molecule has 0 spiro atoms. The first-order valence-electron chi connectivity index (χ1n) is 5.69. The summed E-state index contributed by atoms with van der Waals surface area (Å²) in [5.74, 6) is -0.0299. The summed E-state index contributed by atoms with van der Waals surface area (Å²) >= 11 is 2.83. The number of carboxylic acid groups (broad SMARTS) is 1. The van der Waals surface area contributed by atoms with E-state index in [1.807, 2.05) is 4.90 Å². The molecule has 0 bridgehead atoms. The summed E-state index contributed by atoms with van der Waals surface area (Å²) in [7, 11) is 0. The fourth-order valence-electron chi connectivity index (χ4n) is 1.88. The number of carboxylic acids is 1. The molecule has 1 atom stereocenters. The second-order valence-electron chi connectivity index (χ2n) is 4.13. The van der Waals surface area contributed by atoms with Gasteiger partial charge >= 0.3 is 5.97 Å². The SMILES string of the molecule is C[C@@H]1CCC(=O)N1CCSc1nc(C(=O)O)cs1. The molecular formula is C11H14N2O3S2. The summed E-state index contributed by atoms with van der Waals surface area (Å²) in [5, 5.41) is 10.3. The van der Waals surface area contributed by atoms with Gasteiger partial charge in [0, 0.05) is 30.1 Å². The lowest BCUT2D eigenvalue weighted by Crippen LogP contribution is -2.32. The minimum atomic E-state index is -0.999. The summed E-state index contributed by atoms with van der Waals surface area (Å²) in [4.78, 5) is 28.1. The predicted molar refractivity (Wildman–Crippen MR) is 70.2 cm³/mol. The number of amides is 1. The van der Waals surface area contributed by atoms with Crippen molar-refractivity contribution in [2.75, 3.05) is 12.3 Å². The number of carbonyl (C=O) groups is 2. The van der Waals surface area contributed by atoms with E-state index in [0.29, 0.717) is 19.0 Å². The van der Waals surface area contributed by atoms with Crippen LogP contribution in [0.15, 0.2) is 9.72 Å². The highest BCUT2D eigenvalue weighted by Gasteiger charge is 2.26. The Hall–Kier alpha value is -1.08. The lowest BCUT2D eigenvalue weighted by atomic mass is 10.2. The van der Waals surface area contributed by atoms with Gasteiger partial charge < -0.3 is 10.0 Å². The van der Waals surface area contributed by atoms with Gasteiger partial charge in [0.15, 0.2) is 10.0 Å². The Morgan fingerprint density at radius 1 is 1.72 bits per heavy atom. The Morgan fingerprint density at radius 3 is 3.06 bits per heavy atom. The van der Waals surface area contributed by atoms with Crippen LogP contribution in [0.25, 0.3) is 0 Å². The van der Waals surface area contributed by atoms with Crippen molar-refractivity contribution in [1.29, 1.82) is 0 Å². The normalized spacial score (nSPS) is 19.5. The van der Waals surface area contributed by atoms with E-state index in [1.54, 1.807) is 0 Å². The summed E-state index contributed by atoms with van der Waals surface area (Å²) in [5.41, 5.74) is 0.0908. The Balaban J connectivity index is 1.81. The lowest BCUT2D eigenvalue weighted by molar-refractivity contribution is -0.128. The van der Waals surface area contributed by atoms with E-state index in [2.05, 4.69) is 11.9 Å². The highest BCUT2D eigenvalue weighted by molar-refractivity contribution is 8.01. The zero-order chi connectivity index (χ0) is 13.1. The maximum absolute atomic E-state index is 11.5. The van der Waals surface area contributed by atoms with Gasteiger partial charge in [-0.05, 0) is 13.3 Å². The molecule has 0 aliphatic carbocycles. The second-order valence-corrected chi connectivity index (χ2v) is 6.33. The molecule has 0 saturated carbocycles. The fraction of sp³-hybridized carbons (Fsp3) is 0.545. The van der Waals surface area contributed by atoms with Gasteiger partial charge in [0.2, 0.25) is 5.91 Å². The third-order valence-electron chi connectivity index (χ3n) is 2.89. The van der Waals surface area contributed by atoms with Crippen molar-refractivity contribution in [2.45, 2.75) is 30.1 Å². The highest BCUT2D eigenvalue weighted by Crippen LogP contribution is 2.24. The maximum Gasteiger partial charge on any atom is 0.355 e. The first-order chi connectivity index (χ1) is 8.58. The van der Waals surface area contributed by atoms with Crippen molar-refractivity contribution < 1.29 is 14.7 Å². The van der Waals surface area contributed by atoms with E-state index in [9.17, 15) is 9.59 Å². The topological polar surface area (TPSA) is 70.5 Å². The van der Waals surface area contributed by atoms with E-state index in [0.717, 1.165) is 16.5 Å². The molecule has 0 unspecified atom stereocenters. The number of thioether (sulfide) groups is 1. The van der Waals surface area contributed by atoms with Crippen LogP contribution in [0.5, 0.6) is 0 Å². The van der Waals surface area contributed by atoms with Gasteiger partial charge in [-0.1, -0.05) is 11.8 Å². The van der Waals surface area contributed by atoms with Crippen molar-refractivity contribution in [1.82, 2.24) is 9.88 Å². The number of thiazole rings is 1. The number of hydrogen-bond donors (Lipinski definition) is 1. The number of hydrogen-bond acceptors (Lipinski definition) is 5. The van der Waals surface area contributed by atoms with Crippen LogP contribution in [-0.4, -0.2) is 45.2 Å². The Kier molecular flexibility index (Phi) is 4.23. The Morgan fingerprint density at radius 2 is 2.50 bits per heavy atom. The molecule has 1 saturated heterocycles. The third-order valence-corrected chi connectivity index (χ3v) is 4.89. The third kappa shape index (κ3) is 3.02. The molecule has 1 amide bonds. The van der Waals surface area contributed by atoms with Crippen molar-refractivity contribution in [2.24, 2.45) is 0 Å². The van der Waals surface area contributed by atoms with Gasteiger partial charge in [0.1, 0.15) is 0 Å². The summed E-state index contributed by atoms with van der Waals surface area (Å²) < 4.78 is 0.742. The molecule has 1 N–H and O–H groups in total. The van der Waals surface area contributed by atoms with E-state index >= 15 is 0 Å². The molecule has 1 aliphatic rings. The molecule has 5 nitrogen and oxygen atoms in total. The molecule has 1 aromatic heterocycles. The number of carbonyl (C=O) groups excluding carboxylic acids is 1. The molecule has 1 aliphatic heterocycles. The van der Waals surface area contributed by atoms with E-state index in [1.165, 1.54) is 28.5 Å². The van der Waals surface area contributed by atoms with E-state index < -0.39 is 5.97 Å². The van der Waals surface area contributed by atoms with Crippen LogP contribution in [0.2, 0.25) is 0 Å². The van der Waals surface area contributed by atoms with Crippen LogP contribution >= 0.6 is 23.1 Å². The van der Waals surface area contributed by atoms with Crippen LogP contribution in [-0.2, 0) is 4.79 Å². The van der Waals surface area contributed by atoms with E-state index in [4.69, 9.17) is 5.11 Å². The minimum absolute atomic E-state index is 0.0908. The van der Waals surface area contributed by atoms with Crippen LogP contribution in [0.1, 0.15) is 30.3 Å². The molecule has 2 heterocycles. The second kappa shape index (κ2) is 5.71. The number of rotatable bonds is 5. The van der Waals surface area contributed by atoms with Gasteiger partial charge in [-0.15, -0.1) is 11.3 Å². The van der Waals surface area contributed by atoms with Crippen LogP contribution in [0.4, 0.5) is 0 Å². The number of aromatic carboxylic acids is 1. The molecule has 2 rings (SSSR count). The van der Waals surface area contributed by atoms with Crippen LogP contribution in [0.3, 0.4) is 0 Å². The standard InChI is InChI=1S/C11H14N2O3S2/c1-7-2-3-9(14)13(7)4-5-17-11-12-8(6-18-11)10(15)16/h6-7H,2-5H2,1H3,(H,15,16)/t7-/m1/s1. The fourth-order valence-corrected chi connectivity index (χ4v) is 3.68. The maximum atomic E-state index is 11.5. The quantitative estimate of drug-likeness (QED) is 0.838. The molecule has 0 radical (unpaired) electrons. The smallest absolute Gasteiger partial charge is 0.355 e. The first kappa shape index (κ1) is 13.4. The summed E-state index contributed by atoms with van der Waals surface area (Å²) in [6.07, 6.45) is 1.58. The Labute approximate surface area is 113 Å². The van der Waals surface area contributed by atoms with E-state index in [-0.39, 0.29) is 11.6 Å². The molecule has 98 valence electrons. The van der Waals surface area contributed by atoms with Gasteiger partial charge in [0.25, 0.3) is 0 Å². The summed E-state index contributed by atoms with van der Waals surface area (Å²) in [6.45, 7) is 2.76. The largest absolute Gasteiger partial charge is 0.476 e.